The predicted molar refractivity (Wildman–Crippen MR) is 80.7 cm³/mol. The van der Waals surface area contributed by atoms with Gasteiger partial charge in [0.2, 0.25) is 5.91 Å². The van der Waals surface area contributed by atoms with Gasteiger partial charge in [-0.25, -0.2) is 0 Å². The molecule has 0 saturated carbocycles. The topological polar surface area (TPSA) is 86.9 Å². The molecular weight excluding hydrogens is 294 g/mol. The fraction of sp³-hybridized carbons (Fsp3) is 0.615. The standard InChI is InChI=1S/C13H19N3O4S/c1-9(17)11-7-10(16(19)20)13(21-11)14(2)8-12(18)15-5-3-4-6-15/h7,9,17H,3-6,8H2,1-2H3/t9-/m0/s1. The summed E-state index contributed by atoms with van der Waals surface area (Å²) in [5, 5.41) is 21.1. The van der Waals surface area contributed by atoms with E-state index in [0.717, 1.165) is 37.3 Å². The second kappa shape index (κ2) is 6.40. The molecule has 7 nitrogen and oxygen atoms in total. The van der Waals surface area contributed by atoms with Gasteiger partial charge in [-0.05, 0) is 19.8 Å². The minimum atomic E-state index is -0.759. The van der Waals surface area contributed by atoms with E-state index >= 15 is 0 Å². The van der Waals surface area contributed by atoms with E-state index in [2.05, 4.69) is 0 Å². The summed E-state index contributed by atoms with van der Waals surface area (Å²) in [6.45, 7) is 3.20. The molecule has 1 fully saturated rings. The number of carbonyl (C=O) groups is 1. The molecule has 0 aliphatic carbocycles. The Kier molecular flexibility index (Phi) is 4.79. The normalized spacial score (nSPS) is 16.0. The molecule has 1 amide bonds. The molecule has 21 heavy (non-hydrogen) atoms. The van der Waals surface area contributed by atoms with Crippen molar-refractivity contribution in [3.8, 4) is 0 Å². The van der Waals surface area contributed by atoms with E-state index in [9.17, 15) is 20.0 Å². The van der Waals surface area contributed by atoms with Gasteiger partial charge in [-0.3, -0.25) is 14.9 Å². The first-order valence-corrected chi connectivity index (χ1v) is 7.67. The minimum absolute atomic E-state index is 0.0173. The molecule has 116 valence electrons. The van der Waals surface area contributed by atoms with Crippen molar-refractivity contribution in [2.45, 2.75) is 25.9 Å². The number of thiophene rings is 1. The molecule has 0 bridgehead atoms. The van der Waals surface area contributed by atoms with Crippen molar-refractivity contribution in [3.05, 3.63) is 21.1 Å². The van der Waals surface area contributed by atoms with Gasteiger partial charge in [0.05, 0.1) is 17.6 Å². The highest BCUT2D eigenvalue weighted by Gasteiger charge is 2.26. The van der Waals surface area contributed by atoms with E-state index in [-0.39, 0.29) is 18.1 Å². The van der Waals surface area contributed by atoms with Crippen LogP contribution in [0, 0.1) is 10.1 Å². The van der Waals surface area contributed by atoms with Gasteiger partial charge in [-0.2, -0.15) is 0 Å². The second-order valence-corrected chi connectivity index (χ2v) is 6.28. The zero-order valence-electron chi connectivity index (χ0n) is 12.1. The van der Waals surface area contributed by atoms with Gasteiger partial charge in [0, 0.05) is 31.1 Å². The largest absolute Gasteiger partial charge is 0.388 e. The number of nitrogens with zero attached hydrogens (tertiary/aromatic N) is 3. The Bertz CT molecular complexity index is 538. The van der Waals surface area contributed by atoms with Gasteiger partial charge < -0.3 is 14.9 Å². The fourth-order valence-corrected chi connectivity index (χ4v) is 3.36. The number of amides is 1. The van der Waals surface area contributed by atoms with Gasteiger partial charge in [0.1, 0.15) is 0 Å². The number of aliphatic hydroxyl groups excluding tert-OH is 1. The predicted octanol–water partition coefficient (Wildman–Crippen LogP) is 1.77. The van der Waals surface area contributed by atoms with E-state index < -0.39 is 11.0 Å². The number of carbonyl (C=O) groups excluding carboxylic acids is 1. The highest BCUT2D eigenvalue weighted by Crippen LogP contribution is 2.39. The average Bonchev–Trinajstić information content (AvgIpc) is 3.08. The number of likely N-dealkylation sites (N-methyl/N-ethyl adjacent to an activating group) is 1. The van der Waals surface area contributed by atoms with Crippen molar-refractivity contribution in [1.29, 1.82) is 0 Å². The molecule has 8 heteroatoms. The van der Waals surface area contributed by atoms with Crippen molar-refractivity contribution in [2.75, 3.05) is 31.6 Å². The average molecular weight is 313 g/mol. The zero-order valence-corrected chi connectivity index (χ0v) is 12.9. The first-order chi connectivity index (χ1) is 9.90. The number of aliphatic hydroxyl groups is 1. The quantitative estimate of drug-likeness (QED) is 0.661. The van der Waals surface area contributed by atoms with Crippen LogP contribution in [0.3, 0.4) is 0 Å². The highest BCUT2D eigenvalue weighted by molar-refractivity contribution is 7.16. The summed E-state index contributed by atoms with van der Waals surface area (Å²) in [6.07, 6.45) is 1.27. The second-order valence-electron chi connectivity index (χ2n) is 5.22. The maximum absolute atomic E-state index is 12.1. The van der Waals surface area contributed by atoms with Crippen molar-refractivity contribution in [3.63, 3.8) is 0 Å². The summed E-state index contributed by atoms with van der Waals surface area (Å²) in [5.74, 6) is -0.0173. The molecule has 2 rings (SSSR count). The summed E-state index contributed by atoms with van der Waals surface area (Å²) in [6, 6.07) is 1.38. The molecule has 1 aliphatic heterocycles. The Balaban J connectivity index is 2.15. The van der Waals surface area contributed by atoms with Crippen LogP contribution in [-0.4, -0.2) is 47.5 Å². The van der Waals surface area contributed by atoms with Crippen molar-refractivity contribution in [1.82, 2.24) is 4.90 Å². The Morgan fingerprint density at radius 2 is 2.19 bits per heavy atom. The lowest BCUT2D eigenvalue weighted by molar-refractivity contribution is -0.383. The van der Waals surface area contributed by atoms with Crippen molar-refractivity contribution >= 4 is 27.9 Å². The van der Waals surface area contributed by atoms with E-state index in [1.165, 1.54) is 6.07 Å². The number of anilines is 1. The number of hydrogen-bond acceptors (Lipinski definition) is 6. The summed E-state index contributed by atoms with van der Waals surface area (Å²) in [7, 11) is 1.67. The van der Waals surface area contributed by atoms with Gasteiger partial charge in [0.25, 0.3) is 0 Å². The lowest BCUT2D eigenvalue weighted by atomic mass is 10.3. The van der Waals surface area contributed by atoms with Crippen LogP contribution < -0.4 is 4.90 Å². The maximum atomic E-state index is 12.1. The van der Waals surface area contributed by atoms with Crippen LogP contribution in [0.2, 0.25) is 0 Å². The number of rotatable bonds is 5. The molecular formula is C13H19N3O4S. The van der Waals surface area contributed by atoms with Crippen molar-refractivity contribution in [2.24, 2.45) is 0 Å². The third-order valence-electron chi connectivity index (χ3n) is 3.50. The first-order valence-electron chi connectivity index (χ1n) is 6.85. The zero-order chi connectivity index (χ0) is 15.6. The maximum Gasteiger partial charge on any atom is 0.304 e. The molecule has 1 aliphatic rings. The summed E-state index contributed by atoms with van der Waals surface area (Å²) >= 11 is 1.15. The molecule has 0 spiro atoms. The lowest BCUT2D eigenvalue weighted by Gasteiger charge is -2.21. The molecule has 1 aromatic rings. The van der Waals surface area contributed by atoms with Crippen LogP contribution in [-0.2, 0) is 4.79 Å². The Labute approximate surface area is 126 Å². The van der Waals surface area contributed by atoms with E-state index in [0.29, 0.717) is 9.88 Å². The lowest BCUT2D eigenvalue weighted by Crippen LogP contribution is -2.37. The van der Waals surface area contributed by atoms with Crippen LogP contribution in [0.1, 0.15) is 30.7 Å². The van der Waals surface area contributed by atoms with E-state index in [1.54, 1.807) is 23.8 Å². The van der Waals surface area contributed by atoms with Gasteiger partial charge >= 0.3 is 5.69 Å². The summed E-state index contributed by atoms with van der Waals surface area (Å²) in [4.78, 5) is 26.7. The molecule has 2 heterocycles. The SMILES string of the molecule is C[C@H](O)c1cc([N+](=O)[O-])c(N(C)CC(=O)N2CCCC2)s1. The van der Waals surface area contributed by atoms with Crippen LogP contribution in [0.4, 0.5) is 10.7 Å². The minimum Gasteiger partial charge on any atom is -0.388 e. The Morgan fingerprint density at radius 3 is 2.71 bits per heavy atom. The third-order valence-corrected chi connectivity index (χ3v) is 4.91. The van der Waals surface area contributed by atoms with E-state index in [1.807, 2.05) is 0 Å². The molecule has 1 saturated heterocycles. The molecule has 0 aromatic carbocycles. The van der Waals surface area contributed by atoms with Crippen LogP contribution in [0.5, 0.6) is 0 Å². The Hall–Kier alpha value is -1.67. The first kappa shape index (κ1) is 15.7. The van der Waals surface area contributed by atoms with Gasteiger partial charge in [0.15, 0.2) is 5.00 Å². The molecule has 0 unspecified atom stereocenters. The van der Waals surface area contributed by atoms with Crippen molar-refractivity contribution < 1.29 is 14.8 Å². The molecule has 1 N–H and O–H groups in total. The number of hydrogen-bond donors (Lipinski definition) is 1. The number of likely N-dealkylation sites (tertiary alicyclic amines) is 1. The third kappa shape index (κ3) is 3.51. The number of nitro groups is 1. The highest BCUT2D eigenvalue weighted by atomic mass is 32.1. The molecule has 1 aromatic heterocycles. The summed E-state index contributed by atoms with van der Waals surface area (Å²) in [5.41, 5.74) is -0.0624. The molecule has 0 radical (unpaired) electrons. The fourth-order valence-electron chi connectivity index (χ4n) is 2.34. The van der Waals surface area contributed by atoms with Crippen LogP contribution in [0.15, 0.2) is 6.07 Å². The van der Waals surface area contributed by atoms with Gasteiger partial charge in [-0.1, -0.05) is 0 Å². The molecule has 1 atom stereocenters. The summed E-state index contributed by atoms with van der Waals surface area (Å²) < 4.78 is 0. The Morgan fingerprint density at radius 1 is 1.57 bits per heavy atom. The van der Waals surface area contributed by atoms with Crippen LogP contribution >= 0.6 is 11.3 Å². The van der Waals surface area contributed by atoms with E-state index in [4.69, 9.17) is 0 Å². The smallest absolute Gasteiger partial charge is 0.304 e. The van der Waals surface area contributed by atoms with Crippen LogP contribution in [0.25, 0.3) is 0 Å². The van der Waals surface area contributed by atoms with Gasteiger partial charge in [-0.15, -0.1) is 11.3 Å². The monoisotopic (exact) mass is 313 g/mol.